The first kappa shape index (κ1) is 13.7. The summed E-state index contributed by atoms with van der Waals surface area (Å²) in [4.78, 5) is 2.57. The molecule has 0 spiro atoms. The van der Waals surface area contributed by atoms with Gasteiger partial charge >= 0.3 is 0 Å². The van der Waals surface area contributed by atoms with E-state index in [1.165, 1.54) is 47.4 Å². The number of benzene rings is 1. The van der Waals surface area contributed by atoms with E-state index in [1.807, 2.05) is 0 Å². The summed E-state index contributed by atoms with van der Waals surface area (Å²) in [6.45, 7) is 10.2. The third-order valence-electron chi connectivity index (χ3n) is 4.67. The number of nitrogens with one attached hydrogen (secondary N) is 1. The zero-order valence-corrected chi connectivity index (χ0v) is 12.9. The third kappa shape index (κ3) is 2.48. The molecule has 0 atom stereocenters. The number of rotatable bonds is 3. The molecule has 1 aliphatic rings. The summed E-state index contributed by atoms with van der Waals surface area (Å²) in [5.41, 5.74) is 5.66. The summed E-state index contributed by atoms with van der Waals surface area (Å²) < 4.78 is 2.34. The monoisotopic (exact) mass is 271 g/mol. The molecule has 1 fully saturated rings. The van der Waals surface area contributed by atoms with Crippen LogP contribution in [0.4, 0.5) is 0 Å². The van der Waals surface area contributed by atoms with Gasteiger partial charge in [-0.05, 0) is 37.5 Å². The third-order valence-corrected chi connectivity index (χ3v) is 4.67. The molecule has 0 bridgehead atoms. The second-order valence-corrected chi connectivity index (χ2v) is 5.99. The number of fused-ring (bicyclic) bond motifs is 1. The van der Waals surface area contributed by atoms with Crippen molar-refractivity contribution in [3.63, 3.8) is 0 Å². The summed E-state index contributed by atoms with van der Waals surface area (Å²) in [6.07, 6.45) is 1.16. The van der Waals surface area contributed by atoms with Crippen molar-refractivity contribution in [1.29, 1.82) is 0 Å². The van der Waals surface area contributed by atoms with Crippen molar-refractivity contribution in [2.45, 2.75) is 20.3 Å². The average Bonchev–Trinajstić information content (AvgIpc) is 2.70. The van der Waals surface area contributed by atoms with Gasteiger partial charge < -0.3 is 14.8 Å². The highest BCUT2D eigenvalue weighted by Crippen LogP contribution is 2.26. The fraction of sp³-hybridized carbons (Fsp3) is 0.529. The van der Waals surface area contributed by atoms with Gasteiger partial charge in [-0.1, -0.05) is 12.1 Å². The minimum atomic E-state index is 1.13. The van der Waals surface area contributed by atoms with Gasteiger partial charge in [-0.25, -0.2) is 0 Å². The molecule has 3 heteroatoms. The van der Waals surface area contributed by atoms with E-state index in [0.717, 1.165) is 19.5 Å². The van der Waals surface area contributed by atoms with Gasteiger partial charge in [0.2, 0.25) is 0 Å². The molecular weight excluding hydrogens is 246 g/mol. The first-order chi connectivity index (χ1) is 9.66. The van der Waals surface area contributed by atoms with Gasteiger partial charge in [0.15, 0.2) is 0 Å². The molecule has 20 heavy (non-hydrogen) atoms. The topological polar surface area (TPSA) is 20.2 Å². The lowest BCUT2D eigenvalue weighted by Gasteiger charge is -2.27. The van der Waals surface area contributed by atoms with Gasteiger partial charge in [-0.3, -0.25) is 0 Å². The lowest BCUT2D eigenvalue weighted by Crippen LogP contribution is -2.44. The molecule has 0 amide bonds. The molecule has 2 aromatic rings. The van der Waals surface area contributed by atoms with E-state index < -0.39 is 0 Å². The number of hydrogen-bond acceptors (Lipinski definition) is 2. The Hall–Kier alpha value is -1.32. The van der Waals surface area contributed by atoms with Crippen LogP contribution in [0.5, 0.6) is 0 Å². The Bertz CT molecular complexity index is 606. The van der Waals surface area contributed by atoms with Crippen LogP contribution in [0.1, 0.15) is 16.8 Å². The lowest BCUT2D eigenvalue weighted by molar-refractivity contribution is 0.244. The van der Waals surface area contributed by atoms with Crippen molar-refractivity contribution in [2.75, 3.05) is 32.7 Å². The zero-order chi connectivity index (χ0) is 14.1. The van der Waals surface area contributed by atoms with Crippen molar-refractivity contribution in [1.82, 2.24) is 14.8 Å². The molecule has 1 N–H and O–H groups in total. The SMILES string of the molecule is Cc1ccc2c(CCN3CCNCC3)c(C)n(C)c2c1. The molecule has 3 nitrogen and oxygen atoms in total. The molecule has 0 radical (unpaired) electrons. The molecule has 2 heterocycles. The summed E-state index contributed by atoms with van der Waals surface area (Å²) in [5.74, 6) is 0. The van der Waals surface area contributed by atoms with Crippen LogP contribution >= 0.6 is 0 Å². The van der Waals surface area contributed by atoms with Crippen LogP contribution in [-0.4, -0.2) is 42.2 Å². The molecule has 0 saturated carbocycles. The van der Waals surface area contributed by atoms with Gasteiger partial charge in [-0.15, -0.1) is 0 Å². The summed E-state index contributed by atoms with van der Waals surface area (Å²) >= 11 is 0. The van der Waals surface area contributed by atoms with Crippen molar-refractivity contribution in [2.24, 2.45) is 7.05 Å². The van der Waals surface area contributed by atoms with Crippen LogP contribution < -0.4 is 5.32 Å². The van der Waals surface area contributed by atoms with E-state index in [1.54, 1.807) is 0 Å². The highest BCUT2D eigenvalue weighted by Gasteiger charge is 2.14. The van der Waals surface area contributed by atoms with Gasteiger partial charge in [0.25, 0.3) is 0 Å². The van der Waals surface area contributed by atoms with Crippen LogP contribution in [0.2, 0.25) is 0 Å². The second-order valence-electron chi connectivity index (χ2n) is 5.99. The Labute approximate surface area is 121 Å². The Balaban J connectivity index is 1.85. The van der Waals surface area contributed by atoms with Crippen molar-refractivity contribution >= 4 is 10.9 Å². The predicted molar refractivity (Wildman–Crippen MR) is 85.4 cm³/mol. The van der Waals surface area contributed by atoms with Crippen LogP contribution in [0.15, 0.2) is 18.2 Å². The van der Waals surface area contributed by atoms with Crippen LogP contribution in [0.3, 0.4) is 0 Å². The predicted octanol–water partition coefficient (Wildman–Crippen LogP) is 2.24. The van der Waals surface area contributed by atoms with Crippen LogP contribution in [-0.2, 0) is 13.5 Å². The number of piperazine rings is 1. The maximum absolute atomic E-state index is 3.42. The van der Waals surface area contributed by atoms with E-state index >= 15 is 0 Å². The van der Waals surface area contributed by atoms with Gasteiger partial charge in [0.1, 0.15) is 0 Å². The highest BCUT2D eigenvalue weighted by atomic mass is 15.2. The molecule has 1 aliphatic heterocycles. The highest BCUT2D eigenvalue weighted by molar-refractivity contribution is 5.86. The fourth-order valence-electron chi connectivity index (χ4n) is 3.27. The quantitative estimate of drug-likeness (QED) is 0.924. The molecule has 1 aromatic carbocycles. The Morgan fingerprint density at radius 3 is 2.65 bits per heavy atom. The van der Waals surface area contributed by atoms with E-state index in [0.29, 0.717) is 0 Å². The summed E-state index contributed by atoms with van der Waals surface area (Å²) in [5, 5.41) is 4.85. The first-order valence-electron chi connectivity index (χ1n) is 7.64. The number of hydrogen-bond donors (Lipinski definition) is 1. The van der Waals surface area contributed by atoms with Crippen molar-refractivity contribution < 1.29 is 0 Å². The molecular formula is C17H25N3. The number of aryl methyl sites for hydroxylation is 2. The second kappa shape index (κ2) is 5.58. The van der Waals surface area contributed by atoms with E-state index in [2.05, 4.69) is 53.9 Å². The molecule has 0 aliphatic carbocycles. The maximum Gasteiger partial charge on any atom is 0.0485 e. The smallest absolute Gasteiger partial charge is 0.0485 e. The maximum atomic E-state index is 3.42. The molecule has 1 saturated heterocycles. The van der Waals surface area contributed by atoms with Crippen molar-refractivity contribution in [3.8, 4) is 0 Å². The van der Waals surface area contributed by atoms with Gasteiger partial charge in [0, 0.05) is 56.4 Å². The summed E-state index contributed by atoms with van der Waals surface area (Å²) in [7, 11) is 2.19. The van der Waals surface area contributed by atoms with E-state index in [4.69, 9.17) is 0 Å². The fourth-order valence-corrected chi connectivity index (χ4v) is 3.27. The Morgan fingerprint density at radius 2 is 1.90 bits per heavy atom. The largest absolute Gasteiger partial charge is 0.348 e. The zero-order valence-electron chi connectivity index (χ0n) is 12.9. The van der Waals surface area contributed by atoms with Gasteiger partial charge in [0.05, 0.1) is 0 Å². The first-order valence-corrected chi connectivity index (χ1v) is 7.64. The summed E-state index contributed by atoms with van der Waals surface area (Å²) in [6, 6.07) is 6.83. The van der Waals surface area contributed by atoms with Crippen molar-refractivity contribution in [3.05, 3.63) is 35.0 Å². The van der Waals surface area contributed by atoms with E-state index in [-0.39, 0.29) is 0 Å². The van der Waals surface area contributed by atoms with E-state index in [9.17, 15) is 0 Å². The number of nitrogens with zero attached hydrogens (tertiary/aromatic N) is 2. The molecule has 0 unspecified atom stereocenters. The molecule has 108 valence electrons. The standard InChI is InChI=1S/C17H25N3/c1-13-4-5-16-15(14(2)19(3)17(16)12-13)6-9-20-10-7-18-8-11-20/h4-5,12,18H,6-11H2,1-3H3. The van der Waals surface area contributed by atoms with Crippen LogP contribution in [0.25, 0.3) is 10.9 Å². The molecule has 3 rings (SSSR count). The number of aromatic nitrogens is 1. The minimum absolute atomic E-state index is 1.13. The lowest BCUT2D eigenvalue weighted by atomic mass is 10.1. The Kier molecular flexibility index (Phi) is 3.81. The minimum Gasteiger partial charge on any atom is -0.348 e. The molecule has 1 aromatic heterocycles. The Morgan fingerprint density at radius 1 is 1.15 bits per heavy atom. The van der Waals surface area contributed by atoms with Gasteiger partial charge in [-0.2, -0.15) is 0 Å². The normalized spacial score (nSPS) is 16.9. The van der Waals surface area contributed by atoms with Crippen LogP contribution in [0, 0.1) is 13.8 Å². The average molecular weight is 271 g/mol.